The fourth-order valence-corrected chi connectivity index (χ4v) is 2.24. The topological polar surface area (TPSA) is 73.4 Å². The fraction of sp³-hybridized carbons (Fsp3) is 0.0588. The molecule has 1 aromatic heterocycles. The summed E-state index contributed by atoms with van der Waals surface area (Å²) in [6, 6.07) is 20.9. The van der Waals surface area contributed by atoms with E-state index in [0.29, 0.717) is 16.7 Å². The predicted molar refractivity (Wildman–Crippen MR) is 78.2 cm³/mol. The Hall–Kier alpha value is -3.24. The fourth-order valence-electron chi connectivity index (χ4n) is 2.24. The molecule has 3 aromatic rings. The van der Waals surface area contributed by atoms with Crippen LogP contribution in [0, 0.1) is 22.7 Å². The average Bonchev–Trinajstić information content (AvgIpc) is 2.56. The van der Waals surface area contributed by atoms with Gasteiger partial charge in [0.05, 0.1) is 22.8 Å². The molecule has 0 amide bonds. The van der Waals surface area contributed by atoms with Gasteiger partial charge in [0.2, 0.25) is 0 Å². The van der Waals surface area contributed by atoms with Gasteiger partial charge in [0.1, 0.15) is 12.0 Å². The Labute approximate surface area is 121 Å². The van der Waals surface area contributed by atoms with Crippen molar-refractivity contribution in [3.8, 4) is 12.1 Å². The molecule has 0 radical (unpaired) electrons. The first-order valence-electron chi connectivity index (χ1n) is 6.45. The molecule has 0 aliphatic heterocycles. The van der Waals surface area contributed by atoms with Gasteiger partial charge in [0.25, 0.3) is 0 Å². The number of fused-ring (bicyclic) bond motifs is 1. The van der Waals surface area contributed by atoms with Crippen LogP contribution in [-0.4, -0.2) is 9.97 Å². The zero-order chi connectivity index (χ0) is 14.7. The minimum absolute atomic E-state index is 0.198. The summed E-state index contributed by atoms with van der Waals surface area (Å²) in [5, 5.41) is 18.8. The Morgan fingerprint density at radius 2 is 1.43 bits per heavy atom. The molecule has 3 rings (SSSR count). The van der Waals surface area contributed by atoms with Gasteiger partial charge < -0.3 is 0 Å². The van der Waals surface area contributed by atoms with Crippen molar-refractivity contribution in [1.82, 2.24) is 9.97 Å². The van der Waals surface area contributed by atoms with E-state index in [9.17, 15) is 10.5 Å². The summed E-state index contributed by atoms with van der Waals surface area (Å²) < 4.78 is 0. The molecule has 0 aliphatic rings. The quantitative estimate of drug-likeness (QED) is 0.717. The van der Waals surface area contributed by atoms with Crippen LogP contribution in [0.5, 0.6) is 0 Å². The van der Waals surface area contributed by atoms with Crippen LogP contribution in [0.15, 0.2) is 54.6 Å². The van der Waals surface area contributed by atoms with Crippen molar-refractivity contribution in [1.29, 1.82) is 10.5 Å². The molecule has 0 fully saturated rings. The van der Waals surface area contributed by atoms with Crippen LogP contribution in [0.2, 0.25) is 0 Å². The third-order valence-electron chi connectivity index (χ3n) is 3.24. The highest BCUT2D eigenvalue weighted by molar-refractivity contribution is 5.75. The second-order valence-electron chi connectivity index (χ2n) is 4.53. The molecule has 0 aliphatic carbocycles. The van der Waals surface area contributed by atoms with E-state index in [-0.39, 0.29) is 5.69 Å². The van der Waals surface area contributed by atoms with Gasteiger partial charge >= 0.3 is 0 Å². The first kappa shape index (κ1) is 12.8. The first-order chi connectivity index (χ1) is 10.3. The molecule has 2 aromatic carbocycles. The number of benzene rings is 2. The van der Waals surface area contributed by atoms with Gasteiger partial charge in [0.15, 0.2) is 5.69 Å². The number of aromatic nitrogens is 2. The van der Waals surface area contributed by atoms with Gasteiger partial charge in [-0.1, -0.05) is 42.5 Å². The Kier molecular flexibility index (Phi) is 3.29. The molecule has 1 unspecified atom stereocenters. The van der Waals surface area contributed by atoms with Crippen LogP contribution < -0.4 is 0 Å². The van der Waals surface area contributed by atoms with Crippen LogP contribution in [0.25, 0.3) is 11.0 Å². The molecular weight excluding hydrogens is 260 g/mol. The summed E-state index contributed by atoms with van der Waals surface area (Å²) in [6.45, 7) is 0. The van der Waals surface area contributed by atoms with E-state index in [2.05, 4.69) is 16.0 Å². The van der Waals surface area contributed by atoms with E-state index in [4.69, 9.17) is 0 Å². The van der Waals surface area contributed by atoms with E-state index in [0.717, 1.165) is 5.56 Å². The molecule has 1 heterocycles. The van der Waals surface area contributed by atoms with E-state index in [1.165, 1.54) is 0 Å². The zero-order valence-corrected chi connectivity index (χ0v) is 11.1. The van der Waals surface area contributed by atoms with Crippen LogP contribution in [0.4, 0.5) is 0 Å². The summed E-state index contributed by atoms with van der Waals surface area (Å²) in [7, 11) is 0. The van der Waals surface area contributed by atoms with Gasteiger partial charge in [-0.2, -0.15) is 10.5 Å². The van der Waals surface area contributed by atoms with E-state index >= 15 is 0 Å². The summed E-state index contributed by atoms with van der Waals surface area (Å²) in [6.07, 6.45) is 0. The van der Waals surface area contributed by atoms with Crippen LogP contribution >= 0.6 is 0 Å². The number of hydrogen-bond acceptors (Lipinski definition) is 4. The Bertz CT molecular complexity index is 873. The predicted octanol–water partition coefficient (Wildman–Crippen LogP) is 3.16. The molecule has 4 heteroatoms. The zero-order valence-electron chi connectivity index (χ0n) is 11.1. The third-order valence-corrected chi connectivity index (χ3v) is 3.24. The molecule has 1 atom stereocenters. The molecule has 21 heavy (non-hydrogen) atoms. The molecule has 0 N–H and O–H groups in total. The summed E-state index contributed by atoms with van der Waals surface area (Å²) >= 11 is 0. The van der Waals surface area contributed by atoms with E-state index in [1.54, 1.807) is 6.07 Å². The highest BCUT2D eigenvalue weighted by Crippen LogP contribution is 2.25. The minimum Gasteiger partial charge on any atom is -0.246 e. The van der Waals surface area contributed by atoms with Crippen molar-refractivity contribution in [2.24, 2.45) is 0 Å². The highest BCUT2D eigenvalue weighted by Gasteiger charge is 2.20. The molecule has 0 spiro atoms. The maximum absolute atomic E-state index is 9.50. The summed E-state index contributed by atoms with van der Waals surface area (Å²) in [4.78, 5) is 8.80. The Morgan fingerprint density at radius 3 is 2.05 bits per heavy atom. The Morgan fingerprint density at radius 1 is 0.810 bits per heavy atom. The maximum atomic E-state index is 9.50. The maximum Gasteiger partial charge on any atom is 0.164 e. The normalized spacial score (nSPS) is 11.5. The van der Waals surface area contributed by atoms with Gasteiger partial charge in [-0.3, -0.25) is 0 Å². The largest absolute Gasteiger partial charge is 0.246 e. The molecular formula is C17H10N4. The monoisotopic (exact) mass is 270 g/mol. The van der Waals surface area contributed by atoms with Gasteiger partial charge in [-0.25, -0.2) is 9.97 Å². The van der Waals surface area contributed by atoms with Crippen molar-refractivity contribution < 1.29 is 0 Å². The third kappa shape index (κ3) is 2.31. The molecule has 0 saturated heterocycles. The number of rotatable bonds is 2. The molecule has 4 nitrogen and oxygen atoms in total. The van der Waals surface area contributed by atoms with E-state index < -0.39 is 5.92 Å². The van der Waals surface area contributed by atoms with Crippen molar-refractivity contribution in [3.63, 3.8) is 0 Å². The lowest BCUT2D eigenvalue weighted by Crippen LogP contribution is -2.06. The van der Waals surface area contributed by atoms with Crippen LogP contribution in [0.1, 0.15) is 22.9 Å². The smallest absolute Gasteiger partial charge is 0.164 e. The van der Waals surface area contributed by atoms with Gasteiger partial charge in [0, 0.05) is 0 Å². The minimum atomic E-state index is -0.599. The SMILES string of the molecule is N#Cc1nc2ccccc2nc1C(C#N)c1ccccc1. The molecule has 98 valence electrons. The number of hydrogen-bond donors (Lipinski definition) is 0. The summed E-state index contributed by atoms with van der Waals surface area (Å²) in [5.41, 5.74) is 2.75. The standard InChI is InChI=1S/C17H10N4/c18-10-13(12-6-2-1-3-7-12)17-16(11-19)20-14-8-4-5-9-15(14)21-17/h1-9,13H. The number of nitriles is 2. The van der Waals surface area contributed by atoms with Crippen LogP contribution in [0.3, 0.4) is 0 Å². The lowest BCUT2D eigenvalue weighted by Gasteiger charge is -2.11. The van der Waals surface area contributed by atoms with Gasteiger partial charge in [-0.15, -0.1) is 0 Å². The van der Waals surface area contributed by atoms with Crippen molar-refractivity contribution in [2.45, 2.75) is 5.92 Å². The van der Waals surface area contributed by atoms with E-state index in [1.807, 2.05) is 54.6 Å². The average molecular weight is 270 g/mol. The van der Waals surface area contributed by atoms with Gasteiger partial charge in [-0.05, 0) is 17.7 Å². The lowest BCUT2D eigenvalue weighted by molar-refractivity contribution is 0.951. The summed E-state index contributed by atoms with van der Waals surface area (Å²) in [5.74, 6) is -0.599. The second-order valence-corrected chi connectivity index (χ2v) is 4.53. The van der Waals surface area contributed by atoms with Crippen molar-refractivity contribution in [2.75, 3.05) is 0 Å². The van der Waals surface area contributed by atoms with Crippen molar-refractivity contribution in [3.05, 3.63) is 71.5 Å². The first-order valence-corrected chi connectivity index (χ1v) is 6.45. The highest BCUT2D eigenvalue weighted by atomic mass is 14.8. The lowest BCUT2D eigenvalue weighted by atomic mass is 9.95. The van der Waals surface area contributed by atoms with Crippen LogP contribution in [-0.2, 0) is 0 Å². The molecule has 0 bridgehead atoms. The number of nitrogens with zero attached hydrogens (tertiary/aromatic N) is 4. The Balaban J connectivity index is 2.23. The molecule has 0 saturated carbocycles. The second kappa shape index (κ2) is 5.40. The van der Waals surface area contributed by atoms with Crippen molar-refractivity contribution >= 4 is 11.0 Å². The number of para-hydroxylation sites is 2.